The quantitative estimate of drug-likeness (QED) is 0.764. The molecule has 0 unspecified atom stereocenters. The van der Waals surface area contributed by atoms with Gasteiger partial charge in [-0.3, -0.25) is 14.2 Å². The summed E-state index contributed by atoms with van der Waals surface area (Å²) in [6, 6.07) is 9.82. The van der Waals surface area contributed by atoms with Crippen molar-refractivity contribution in [1.29, 1.82) is 0 Å². The molecule has 1 amide bonds. The van der Waals surface area contributed by atoms with E-state index in [9.17, 15) is 9.59 Å². The molecule has 0 saturated heterocycles. The minimum absolute atomic E-state index is 0.0163. The fraction of sp³-hybridized carbons (Fsp3) is 0.316. The number of aromatic nitrogens is 2. The van der Waals surface area contributed by atoms with Gasteiger partial charge in [-0.15, -0.1) is 11.3 Å². The van der Waals surface area contributed by atoms with Crippen LogP contribution in [0.5, 0.6) is 0 Å². The summed E-state index contributed by atoms with van der Waals surface area (Å²) in [5, 5.41) is 3.42. The minimum Gasteiger partial charge on any atom is -0.354 e. The van der Waals surface area contributed by atoms with E-state index in [1.54, 1.807) is 0 Å². The van der Waals surface area contributed by atoms with Crippen LogP contribution in [0.1, 0.15) is 18.7 Å². The maximum Gasteiger partial charge on any atom is 0.263 e. The first-order chi connectivity index (χ1) is 12.0. The lowest BCUT2D eigenvalue weighted by molar-refractivity contribution is -0.121. The van der Waals surface area contributed by atoms with Gasteiger partial charge in [0.2, 0.25) is 5.91 Å². The third kappa shape index (κ3) is 3.64. The van der Waals surface area contributed by atoms with Gasteiger partial charge in [-0.05, 0) is 18.4 Å². The van der Waals surface area contributed by atoms with Crippen LogP contribution in [-0.2, 0) is 11.3 Å². The number of carbonyl (C=O) groups is 1. The van der Waals surface area contributed by atoms with Crippen molar-refractivity contribution in [3.05, 3.63) is 51.9 Å². The van der Waals surface area contributed by atoms with Crippen LogP contribution < -0.4 is 10.9 Å². The van der Waals surface area contributed by atoms with Crippen LogP contribution in [0.3, 0.4) is 0 Å². The minimum atomic E-state index is -0.176. The number of hydrogen-bond donors (Lipinski definition) is 1. The van der Waals surface area contributed by atoms with E-state index in [1.165, 1.54) is 22.2 Å². The predicted octanol–water partition coefficient (Wildman–Crippen LogP) is 3.21. The molecule has 3 aromatic rings. The zero-order valence-electron chi connectivity index (χ0n) is 14.6. The summed E-state index contributed by atoms with van der Waals surface area (Å²) in [7, 11) is 0. The second-order valence-corrected chi connectivity index (χ2v) is 7.66. The maximum atomic E-state index is 13.0. The molecule has 2 aromatic heterocycles. The summed E-state index contributed by atoms with van der Waals surface area (Å²) >= 11 is 1.50. The van der Waals surface area contributed by atoms with Gasteiger partial charge in [0.1, 0.15) is 11.4 Å². The number of aryl methyl sites for hydroxylation is 1. The topological polar surface area (TPSA) is 64.0 Å². The standard InChI is InChI=1S/C19H21N3O2S/c1-12(2)9-20-15(23)10-22-11-21-18-17(19(22)24)16(13(3)25-18)14-7-5-4-6-8-14/h4-8,11-12H,9-10H2,1-3H3,(H,20,23). The van der Waals surface area contributed by atoms with Gasteiger partial charge in [-0.25, -0.2) is 4.98 Å². The van der Waals surface area contributed by atoms with E-state index >= 15 is 0 Å². The number of carbonyl (C=O) groups excluding carboxylic acids is 1. The molecule has 0 radical (unpaired) electrons. The van der Waals surface area contributed by atoms with Gasteiger partial charge < -0.3 is 5.32 Å². The first kappa shape index (κ1) is 17.4. The fourth-order valence-electron chi connectivity index (χ4n) is 2.73. The van der Waals surface area contributed by atoms with E-state index < -0.39 is 0 Å². The monoisotopic (exact) mass is 355 g/mol. The van der Waals surface area contributed by atoms with Gasteiger partial charge in [0.15, 0.2) is 0 Å². The molecule has 1 N–H and O–H groups in total. The van der Waals surface area contributed by atoms with Crippen LogP contribution >= 0.6 is 11.3 Å². The summed E-state index contributed by atoms with van der Waals surface area (Å²) < 4.78 is 1.39. The van der Waals surface area contributed by atoms with E-state index in [4.69, 9.17) is 0 Å². The third-order valence-corrected chi connectivity index (χ3v) is 4.95. The number of amides is 1. The van der Waals surface area contributed by atoms with Crippen LogP contribution in [0.25, 0.3) is 21.3 Å². The average molecular weight is 355 g/mol. The number of benzene rings is 1. The van der Waals surface area contributed by atoms with Crippen molar-refractivity contribution < 1.29 is 4.79 Å². The molecule has 3 rings (SSSR count). The predicted molar refractivity (Wildman–Crippen MR) is 102 cm³/mol. The Morgan fingerprint density at radius 3 is 2.68 bits per heavy atom. The Balaban J connectivity index is 2.02. The number of nitrogens with one attached hydrogen (secondary N) is 1. The highest BCUT2D eigenvalue weighted by atomic mass is 32.1. The summed E-state index contributed by atoms with van der Waals surface area (Å²) in [5.41, 5.74) is 1.73. The van der Waals surface area contributed by atoms with Crippen LogP contribution in [0.2, 0.25) is 0 Å². The molecule has 0 saturated carbocycles. The Morgan fingerprint density at radius 1 is 1.28 bits per heavy atom. The van der Waals surface area contributed by atoms with Crippen molar-refractivity contribution in [2.24, 2.45) is 5.92 Å². The molecule has 2 heterocycles. The normalized spacial score (nSPS) is 11.2. The van der Waals surface area contributed by atoms with E-state index in [2.05, 4.69) is 10.3 Å². The second-order valence-electron chi connectivity index (χ2n) is 6.45. The number of hydrogen-bond acceptors (Lipinski definition) is 4. The Kier molecular flexibility index (Phi) is 4.99. The molecule has 5 nitrogen and oxygen atoms in total. The van der Waals surface area contributed by atoms with Crippen molar-refractivity contribution in [2.75, 3.05) is 6.54 Å². The van der Waals surface area contributed by atoms with Crippen molar-refractivity contribution in [1.82, 2.24) is 14.9 Å². The lowest BCUT2D eigenvalue weighted by Gasteiger charge is -2.09. The molecule has 0 aliphatic rings. The fourth-order valence-corrected chi connectivity index (χ4v) is 3.73. The molecule has 1 aromatic carbocycles. The van der Waals surface area contributed by atoms with Crippen molar-refractivity contribution in [3.8, 4) is 11.1 Å². The van der Waals surface area contributed by atoms with E-state index in [0.717, 1.165) is 16.0 Å². The molecule has 0 aliphatic carbocycles. The first-order valence-corrected chi connectivity index (χ1v) is 9.09. The highest BCUT2D eigenvalue weighted by molar-refractivity contribution is 7.19. The first-order valence-electron chi connectivity index (χ1n) is 8.28. The highest BCUT2D eigenvalue weighted by Gasteiger charge is 2.17. The van der Waals surface area contributed by atoms with Crippen molar-refractivity contribution >= 4 is 27.5 Å². The van der Waals surface area contributed by atoms with Gasteiger partial charge in [0.25, 0.3) is 5.56 Å². The van der Waals surface area contributed by atoms with Crippen LogP contribution in [0, 0.1) is 12.8 Å². The molecule has 130 valence electrons. The smallest absolute Gasteiger partial charge is 0.263 e. The third-order valence-electron chi connectivity index (χ3n) is 3.94. The number of nitrogens with zero attached hydrogens (tertiary/aromatic N) is 2. The van der Waals surface area contributed by atoms with E-state index in [-0.39, 0.29) is 18.0 Å². The number of rotatable bonds is 5. The summed E-state index contributed by atoms with van der Waals surface area (Å²) in [4.78, 5) is 31.2. The summed E-state index contributed by atoms with van der Waals surface area (Å²) in [5.74, 6) is 0.190. The van der Waals surface area contributed by atoms with Crippen LogP contribution in [-0.4, -0.2) is 22.0 Å². The van der Waals surface area contributed by atoms with Gasteiger partial charge >= 0.3 is 0 Å². The Morgan fingerprint density at radius 2 is 2.00 bits per heavy atom. The van der Waals surface area contributed by atoms with Crippen LogP contribution in [0.4, 0.5) is 0 Å². The molecule has 0 atom stereocenters. The molecular weight excluding hydrogens is 334 g/mol. The number of thiophene rings is 1. The highest BCUT2D eigenvalue weighted by Crippen LogP contribution is 2.35. The lowest BCUT2D eigenvalue weighted by atomic mass is 10.0. The van der Waals surface area contributed by atoms with Crippen molar-refractivity contribution in [3.63, 3.8) is 0 Å². The molecule has 0 fully saturated rings. The zero-order chi connectivity index (χ0) is 18.0. The Hall–Kier alpha value is -2.47. The lowest BCUT2D eigenvalue weighted by Crippen LogP contribution is -2.34. The summed E-state index contributed by atoms with van der Waals surface area (Å²) in [6.07, 6.45) is 1.46. The van der Waals surface area contributed by atoms with Gasteiger partial charge in [-0.1, -0.05) is 44.2 Å². The Bertz CT molecular complexity index is 958. The molecule has 6 heteroatoms. The Labute approximate surface area is 150 Å². The molecule has 0 aliphatic heterocycles. The van der Waals surface area contributed by atoms with Crippen LogP contribution in [0.15, 0.2) is 41.5 Å². The van der Waals surface area contributed by atoms with Gasteiger partial charge in [-0.2, -0.15) is 0 Å². The second kappa shape index (κ2) is 7.19. The largest absolute Gasteiger partial charge is 0.354 e. The average Bonchev–Trinajstić information content (AvgIpc) is 2.93. The van der Waals surface area contributed by atoms with Gasteiger partial charge in [0.05, 0.1) is 11.7 Å². The molecular formula is C19H21N3O2S. The molecule has 0 bridgehead atoms. The van der Waals surface area contributed by atoms with E-state index in [0.29, 0.717) is 22.7 Å². The SMILES string of the molecule is Cc1sc2ncn(CC(=O)NCC(C)C)c(=O)c2c1-c1ccccc1. The number of fused-ring (bicyclic) bond motifs is 1. The van der Waals surface area contributed by atoms with Gasteiger partial charge in [0, 0.05) is 17.0 Å². The zero-order valence-corrected chi connectivity index (χ0v) is 15.4. The maximum absolute atomic E-state index is 13.0. The van der Waals surface area contributed by atoms with E-state index in [1.807, 2.05) is 51.1 Å². The van der Waals surface area contributed by atoms with Crippen molar-refractivity contribution in [2.45, 2.75) is 27.3 Å². The molecule has 0 spiro atoms. The summed E-state index contributed by atoms with van der Waals surface area (Å²) in [6.45, 7) is 6.63. The molecule has 25 heavy (non-hydrogen) atoms.